The number of aryl methyl sites for hydroxylation is 3. The summed E-state index contributed by atoms with van der Waals surface area (Å²) < 4.78 is 6.32. The van der Waals surface area contributed by atoms with Gasteiger partial charge in [0.05, 0.1) is 5.60 Å². The predicted octanol–water partition coefficient (Wildman–Crippen LogP) is 5.96. The Morgan fingerprint density at radius 2 is 2.07 bits per heavy atom. The van der Waals surface area contributed by atoms with Crippen molar-refractivity contribution in [2.45, 2.75) is 72.4 Å². The Balaban J connectivity index is 1.81. The maximum absolute atomic E-state index is 6.32. The molecule has 0 saturated carbocycles. The molecule has 28 heavy (non-hydrogen) atoms. The van der Waals surface area contributed by atoms with Crippen LogP contribution in [0.5, 0.6) is 0 Å². The van der Waals surface area contributed by atoms with Gasteiger partial charge in [0.15, 0.2) is 0 Å². The first kappa shape index (κ1) is 21.5. The Labute approximate surface area is 175 Å². The first-order valence-electron chi connectivity index (χ1n) is 10.6. The molecule has 154 valence electrons. The summed E-state index contributed by atoms with van der Waals surface area (Å²) in [7, 11) is 0. The third-order valence-corrected chi connectivity index (χ3v) is 7.80. The van der Waals surface area contributed by atoms with Crippen LogP contribution in [-0.2, 0) is 11.2 Å². The highest BCUT2D eigenvalue weighted by atomic mass is 32.1. The molecule has 1 aliphatic rings. The summed E-state index contributed by atoms with van der Waals surface area (Å²) in [5.74, 6) is 0. The van der Waals surface area contributed by atoms with Gasteiger partial charge in [0, 0.05) is 40.9 Å². The first-order valence-corrected chi connectivity index (χ1v) is 11.5. The number of thiophene rings is 1. The van der Waals surface area contributed by atoms with Gasteiger partial charge in [-0.05, 0) is 90.4 Å². The molecule has 0 aromatic carbocycles. The number of hydrogen-bond donors (Lipinski definition) is 0. The number of likely N-dealkylation sites (tertiary alicyclic amines) is 1. The maximum atomic E-state index is 6.32. The zero-order valence-electron chi connectivity index (χ0n) is 18.4. The molecule has 2 atom stereocenters. The van der Waals surface area contributed by atoms with Gasteiger partial charge in [-0.15, -0.1) is 11.3 Å². The van der Waals surface area contributed by atoms with Crippen LogP contribution in [0.15, 0.2) is 29.6 Å². The van der Waals surface area contributed by atoms with E-state index < -0.39 is 0 Å². The molecule has 4 heteroatoms. The average molecular weight is 401 g/mol. The molecule has 1 aliphatic heterocycles. The molecule has 1 saturated heterocycles. The van der Waals surface area contributed by atoms with Crippen molar-refractivity contribution in [1.82, 2.24) is 9.88 Å². The molecule has 1 fully saturated rings. The van der Waals surface area contributed by atoms with Crippen LogP contribution >= 0.6 is 11.3 Å². The Kier molecular flexibility index (Phi) is 6.63. The zero-order valence-corrected chi connectivity index (χ0v) is 19.2. The maximum Gasteiger partial charge on any atom is 0.0695 e. The van der Waals surface area contributed by atoms with Crippen LogP contribution in [0.4, 0.5) is 0 Å². The highest BCUT2D eigenvalue weighted by Crippen LogP contribution is 2.48. The Hall–Kier alpha value is -1.23. The number of rotatable bonds is 8. The molecule has 0 spiro atoms. The molecule has 2 aromatic rings. The minimum Gasteiger partial charge on any atom is -0.375 e. The van der Waals surface area contributed by atoms with E-state index in [0.29, 0.717) is 6.04 Å². The lowest BCUT2D eigenvalue weighted by molar-refractivity contribution is -0.108. The second kappa shape index (κ2) is 8.64. The van der Waals surface area contributed by atoms with Crippen LogP contribution in [0.1, 0.15) is 68.4 Å². The first-order chi connectivity index (χ1) is 13.3. The van der Waals surface area contributed by atoms with Crippen molar-refractivity contribution < 1.29 is 4.74 Å². The van der Waals surface area contributed by atoms with E-state index in [2.05, 4.69) is 76.1 Å². The van der Waals surface area contributed by atoms with Crippen LogP contribution in [-0.4, -0.2) is 35.2 Å². The molecular formula is C24H36N2OS. The highest BCUT2D eigenvalue weighted by Gasteiger charge is 2.50. The van der Waals surface area contributed by atoms with Crippen molar-refractivity contribution in [3.05, 3.63) is 51.5 Å². The SMILES string of the molecule is CCOC(C)(C)[C@@]1(CCc2cccs2)CCN(C(C)c2ccc(C)nc2C)C1. The van der Waals surface area contributed by atoms with Crippen molar-refractivity contribution in [3.8, 4) is 0 Å². The number of aromatic nitrogens is 1. The highest BCUT2D eigenvalue weighted by molar-refractivity contribution is 7.09. The molecule has 3 heterocycles. The lowest BCUT2D eigenvalue weighted by Gasteiger charge is -2.44. The fourth-order valence-corrected chi connectivity index (χ4v) is 5.61. The van der Waals surface area contributed by atoms with Crippen LogP contribution in [0, 0.1) is 19.3 Å². The van der Waals surface area contributed by atoms with E-state index in [0.717, 1.165) is 37.5 Å². The molecule has 3 rings (SSSR count). The van der Waals surface area contributed by atoms with E-state index in [1.807, 2.05) is 11.3 Å². The van der Waals surface area contributed by atoms with Gasteiger partial charge in [-0.2, -0.15) is 0 Å². The van der Waals surface area contributed by atoms with Crippen molar-refractivity contribution in [2.24, 2.45) is 5.41 Å². The second-order valence-electron chi connectivity index (χ2n) is 8.83. The predicted molar refractivity (Wildman–Crippen MR) is 119 cm³/mol. The molecule has 0 aliphatic carbocycles. The minimum atomic E-state index is -0.131. The fourth-order valence-electron chi connectivity index (χ4n) is 4.90. The molecule has 3 nitrogen and oxygen atoms in total. The quantitative estimate of drug-likeness (QED) is 0.546. The Bertz CT molecular complexity index is 771. The van der Waals surface area contributed by atoms with Gasteiger partial charge in [0.25, 0.3) is 0 Å². The monoisotopic (exact) mass is 400 g/mol. The largest absolute Gasteiger partial charge is 0.375 e. The van der Waals surface area contributed by atoms with Gasteiger partial charge in [0.1, 0.15) is 0 Å². The van der Waals surface area contributed by atoms with Crippen molar-refractivity contribution in [3.63, 3.8) is 0 Å². The summed E-state index contributed by atoms with van der Waals surface area (Å²) >= 11 is 1.87. The van der Waals surface area contributed by atoms with Crippen molar-refractivity contribution in [1.29, 1.82) is 0 Å². The molecule has 0 amide bonds. The molecule has 0 bridgehead atoms. The van der Waals surface area contributed by atoms with Crippen LogP contribution in [0.25, 0.3) is 0 Å². The van der Waals surface area contributed by atoms with E-state index in [1.54, 1.807) is 0 Å². The molecular weight excluding hydrogens is 364 g/mol. The molecule has 1 unspecified atom stereocenters. The molecule has 0 N–H and O–H groups in total. The number of hydrogen-bond acceptors (Lipinski definition) is 4. The van der Waals surface area contributed by atoms with E-state index in [-0.39, 0.29) is 11.0 Å². The van der Waals surface area contributed by atoms with Crippen LogP contribution in [0.2, 0.25) is 0 Å². The lowest BCUT2D eigenvalue weighted by atomic mass is 9.69. The minimum absolute atomic E-state index is 0.131. The van der Waals surface area contributed by atoms with E-state index in [9.17, 15) is 0 Å². The smallest absolute Gasteiger partial charge is 0.0695 e. The standard InChI is InChI=1S/C24H36N2OS/c1-7-27-23(5,6)24(13-12-21-9-8-16-28-21)14-15-26(17-24)20(4)22-11-10-18(2)25-19(22)3/h8-11,16,20H,7,12-15,17H2,1-6H3/t20?,24-/m0/s1. The van der Waals surface area contributed by atoms with Gasteiger partial charge >= 0.3 is 0 Å². The van der Waals surface area contributed by atoms with E-state index >= 15 is 0 Å². The van der Waals surface area contributed by atoms with Gasteiger partial charge < -0.3 is 4.74 Å². The number of pyridine rings is 1. The van der Waals surface area contributed by atoms with E-state index in [1.165, 1.54) is 23.3 Å². The van der Waals surface area contributed by atoms with Gasteiger partial charge in [-0.25, -0.2) is 0 Å². The molecule has 2 aromatic heterocycles. The van der Waals surface area contributed by atoms with Gasteiger partial charge in [-0.1, -0.05) is 12.1 Å². The number of ether oxygens (including phenoxy) is 1. The Morgan fingerprint density at radius 1 is 1.29 bits per heavy atom. The second-order valence-corrected chi connectivity index (χ2v) is 9.86. The summed E-state index contributed by atoms with van der Waals surface area (Å²) in [5, 5.41) is 2.19. The normalized spacial score (nSPS) is 21.9. The van der Waals surface area contributed by atoms with Crippen LogP contribution in [0.3, 0.4) is 0 Å². The fraction of sp³-hybridized carbons (Fsp3) is 0.625. The van der Waals surface area contributed by atoms with Crippen molar-refractivity contribution in [2.75, 3.05) is 19.7 Å². The lowest BCUT2D eigenvalue weighted by Crippen LogP contribution is -2.48. The topological polar surface area (TPSA) is 25.4 Å². The third-order valence-electron chi connectivity index (χ3n) is 6.86. The van der Waals surface area contributed by atoms with E-state index in [4.69, 9.17) is 9.72 Å². The summed E-state index contributed by atoms with van der Waals surface area (Å²) in [4.78, 5) is 8.83. The van der Waals surface area contributed by atoms with Crippen molar-refractivity contribution >= 4 is 11.3 Å². The van der Waals surface area contributed by atoms with Crippen LogP contribution < -0.4 is 0 Å². The van der Waals surface area contributed by atoms with Gasteiger partial charge in [-0.3, -0.25) is 9.88 Å². The third kappa shape index (κ3) is 4.34. The molecule has 0 radical (unpaired) electrons. The summed E-state index contributed by atoms with van der Waals surface area (Å²) in [5.41, 5.74) is 3.65. The summed E-state index contributed by atoms with van der Waals surface area (Å²) in [6.45, 7) is 16.2. The summed E-state index contributed by atoms with van der Waals surface area (Å²) in [6, 6.07) is 9.22. The Morgan fingerprint density at radius 3 is 2.71 bits per heavy atom. The zero-order chi connectivity index (χ0) is 20.4. The summed E-state index contributed by atoms with van der Waals surface area (Å²) in [6.07, 6.45) is 3.50. The average Bonchev–Trinajstić information content (AvgIpc) is 3.30. The van der Waals surface area contributed by atoms with Gasteiger partial charge in [0.2, 0.25) is 0 Å². The number of nitrogens with zero attached hydrogens (tertiary/aromatic N) is 2.